The first-order valence-electron chi connectivity index (χ1n) is 7.08. The van der Waals surface area contributed by atoms with Crippen LogP contribution in [0.2, 0.25) is 0 Å². The molecule has 6 nitrogen and oxygen atoms in total. The van der Waals surface area contributed by atoms with Crippen molar-refractivity contribution in [3.63, 3.8) is 0 Å². The number of esters is 1. The first kappa shape index (κ1) is 14.7. The molecule has 2 aliphatic rings. The van der Waals surface area contributed by atoms with Gasteiger partial charge in [-0.25, -0.2) is 4.79 Å². The van der Waals surface area contributed by atoms with Gasteiger partial charge >= 0.3 is 5.97 Å². The van der Waals surface area contributed by atoms with E-state index < -0.39 is 11.8 Å². The molecule has 110 valence electrons. The molecule has 0 N–H and O–H groups in total. The monoisotopic (exact) mass is 280 g/mol. The van der Waals surface area contributed by atoms with Crippen LogP contribution in [0.5, 0.6) is 0 Å². The second-order valence-electron chi connectivity index (χ2n) is 5.23. The highest BCUT2D eigenvalue weighted by molar-refractivity contribution is 6.48. The van der Waals surface area contributed by atoms with Crippen LogP contribution in [-0.2, 0) is 19.1 Å². The van der Waals surface area contributed by atoms with Gasteiger partial charge in [-0.2, -0.15) is 0 Å². The Bertz CT molecular complexity index is 458. The summed E-state index contributed by atoms with van der Waals surface area (Å²) in [7, 11) is 1.74. The van der Waals surface area contributed by atoms with Crippen molar-refractivity contribution in [2.45, 2.75) is 51.1 Å². The van der Waals surface area contributed by atoms with Crippen LogP contribution in [0.15, 0.2) is 4.99 Å². The minimum Gasteiger partial charge on any atom is -0.460 e. The summed E-state index contributed by atoms with van der Waals surface area (Å²) in [6, 6.07) is 0.203. The van der Waals surface area contributed by atoms with E-state index in [9.17, 15) is 14.4 Å². The van der Waals surface area contributed by atoms with Gasteiger partial charge in [-0.1, -0.05) is 12.8 Å². The Morgan fingerprint density at radius 1 is 1.35 bits per heavy atom. The fourth-order valence-electron chi connectivity index (χ4n) is 2.86. The van der Waals surface area contributed by atoms with Gasteiger partial charge in [-0.3, -0.25) is 14.6 Å². The van der Waals surface area contributed by atoms with E-state index in [4.69, 9.17) is 0 Å². The average molecular weight is 280 g/mol. The first-order valence-corrected chi connectivity index (χ1v) is 7.08. The van der Waals surface area contributed by atoms with E-state index in [0.717, 1.165) is 25.7 Å². The molecule has 0 bridgehead atoms. The number of carbonyl (C=O) groups excluding carboxylic acids is 3. The highest BCUT2D eigenvalue weighted by atomic mass is 16.5. The lowest BCUT2D eigenvalue weighted by molar-refractivity contribution is -0.153. The highest BCUT2D eigenvalue weighted by Crippen LogP contribution is 2.28. The van der Waals surface area contributed by atoms with E-state index in [0.29, 0.717) is 0 Å². The lowest BCUT2D eigenvalue weighted by Gasteiger charge is -2.39. The summed E-state index contributed by atoms with van der Waals surface area (Å²) in [6.45, 7) is 1.78. The molecule has 2 unspecified atom stereocenters. The van der Waals surface area contributed by atoms with Crippen molar-refractivity contribution in [1.82, 2.24) is 4.90 Å². The third kappa shape index (κ3) is 2.89. The minimum atomic E-state index is -0.892. The molecule has 1 saturated carbocycles. The van der Waals surface area contributed by atoms with Crippen molar-refractivity contribution in [3.8, 4) is 0 Å². The van der Waals surface area contributed by atoms with Gasteiger partial charge in [0, 0.05) is 7.05 Å². The minimum absolute atomic E-state index is 0.0662. The fourth-order valence-corrected chi connectivity index (χ4v) is 2.86. The van der Waals surface area contributed by atoms with Crippen LogP contribution in [0, 0.1) is 0 Å². The molecule has 1 amide bonds. The molecule has 1 aliphatic carbocycles. The normalized spacial score (nSPS) is 25.8. The van der Waals surface area contributed by atoms with Gasteiger partial charge in [-0.15, -0.1) is 0 Å². The Balaban J connectivity index is 2.10. The summed E-state index contributed by atoms with van der Waals surface area (Å²) in [6.07, 6.45) is 3.82. The van der Waals surface area contributed by atoms with Crippen LogP contribution in [0.1, 0.15) is 39.0 Å². The summed E-state index contributed by atoms with van der Waals surface area (Å²) in [5.74, 6) is -1.84. The molecule has 2 rings (SSSR count). The van der Waals surface area contributed by atoms with E-state index in [-0.39, 0.29) is 36.7 Å². The molecular formula is C14H20N2O4. The number of ether oxygens (including phenoxy) is 1. The third-order valence-electron chi connectivity index (χ3n) is 3.91. The quantitative estimate of drug-likeness (QED) is 0.562. The Morgan fingerprint density at radius 3 is 2.75 bits per heavy atom. The van der Waals surface area contributed by atoms with Crippen molar-refractivity contribution in [2.75, 3.05) is 13.7 Å². The van der Waals surface area contributed by atoms with Gasteiger partial charge in [0.05, 0.1) is 25.1 Å². The van der Waals surface area contributed by atoms with Gasteiger partial charge in [0.25, 0.3) is 5.91 Å². The molecule has 0 radical (unpaired) electrons. The van der Waals surface area contributed by atoms with Crippen molar-refractivity contribution in [3.05, 3.63) is 0 Å². The van der Waals surface area contributed by atoms with Gasteiger partial charge in [0.2, 0.25) is 5.78 Å². The van der Waals surface area contributed by atoms with Gasteiger partial charge in [0.15, 0.2) is 0 Å². The van der Waals surface area contributed by atoms with Crippen LogP contribution < -0.4 is 0 Å². The molecule has 0 aromatic rings. The van der Waals surface area contributed by atoms with E-state index in [1.54, 1.807) is 18.9 Å². The van der Waals surface area contributed by atoms with Crippen molar-refractivity contribution in [1.29, 1.82) is 0 Å². The summed E-state index contributed by atoms with van der Waals surface area (Å²) >= 11 is 0. The van der Waals surface area contributed by atoms with Crippen LogP contribution in [0.3, 0.4) is 0 Å². The van der Waals surface area contributed by atoms with Crippen LogP contribution in [0.4, 0.5) is 0 Å². The van der Waals surface area contributed by atoms with E-state index in [2.05, 4.69) is 9.73 Å². The summed E-state index contributed by atoms with van der Waals surface area (Å²) < 4.78 is 4.65. The smallest absolute Gasteiger partial charge is 0.375 e. The largest absolute Gasteiger partial charge is 0.460 e. The number of amides is 1. The molecule has 1 aliphatic heterocycles. The SMILES string of the molecule is CCOC(=O)C(=O)CC1=NC2CCCCC2N(C)C1=O. The number of likely N-dealkylation sites (N-methyl/N-ethyl adjacent to an activating group) is 1. The van der Waals surface area contributed by atoms with Crippen LogP contribution in [-0.4, -0.2) is 54.0 Å². The second-order valence-corrected chi connectivity index (χ2v) is 5.23. The number of Topliss-reactive ketones (excluding diaryl/α,β-unsaturated/α-hetero) is 1. The Labute approximate surface area is 118 Å². The molecule has 0 aromatic heterocycles. The van der Waals surface area contributed by atoms with Gasteiger partial charge in [0.1, 0.15) is 5.71 Å². The highest BCUT2D eigenvalue weighted by Gasteiger charge is 2.38. The lowest BCUT2D eigenvalue weighted by Crippen LogP contribution is -2.52. The third-order valence-corrected chi connectivity index (χ3v) is 3.91. The van der Waals surface area contributed by atoms with E-state index >= 15 is 0 Å². The molecule has 2 atom stereocenters. The topological polar surface area (TPSA) is 76.0 Å². The maximum absolute atomic E-state index is 12.2. The number of nitrogens with zero attached hydrogens (tertiary/aromatic N) is 2. The van der Waals surface area contributed by atoms with E-state index in [1.165, 1.54) is 0 Å². The molecule has 1 fully saturated rings. The fraction of sp³-hybridized carbons (Fsp3) is 0.714. The van der Waals surface area contributed by atoms with Crippen LogP contribution in [0.25, 0.3) is 0 Å². The zero-order valence-corrected chi connectivity index (χ0v) is 11.9. The number of ketones is 1. The molecule has 0 saturated heterocycles. The molecule has 0 aromatic carbocycles. The number of carbonyl (C=O) groups is 3. The number of hydrogen-bond acceptors (Lipinski definition) is 5. The Morgan fingerprint density at radius 2 is 2.05 bits per heavy atom. The lowest BCUT2D eigenvalue weighted by atomic mass is 9.87. The first-order chi connectivity index (χ1) is 9.54. The van der Waals surface area contributed by atoms with E-state index in [1.807, 2.05) is 0 Å². The summed E-state index contributed by atoms with van der Waals surface area (Å²) in [5.41, 5.74) is 0.189. The predicted molar refractivity (Wildman–Crippen MR) is 72.5 cm³/mol. The van der Waals surface area contributed by atoms with Crippen LogP contribution >= 0.6 is 0 Å². The second kappa shape index (κ2) is 6.15. The maximum Gasteiger partial charge on any atom is 0.375 e. The molecule has 0 spiro atoms. The van der Waals surface area contributed by atoms with Crippen molar-refractivity contribution < 1.29 is 19.1 Å². The number of fused-ring (bicyclic) bond motifs is 1. The predicted octanol–water partition coefficient (Wildman–Crippen LogP) is 0.733. The zero-order chi connectivity index (χ0) is 14.7. The zero-order valence-electron chi connectivity index (χ0n) is 11.9. The average Bonchev–Trinajstić information content (AvgIpc) is 2.44. The Kier molecular flexibility index (Phi) is 4.52. The standard InChI is InChI=1S/C14H20N2O4/c1-3-20-14(19)12(17)8-10-13(18)16(2)11-7-5-4-6-9(11)15-10/h9,11H,3-8H2,1-2H3. The summed E-state index contributed by atoms with van der Waals surface area (Å²) in [5, 5.41) is 0. The van der Waals surface area contributed by atoms with Crippen molar-refractivity contribution in [2.24, 2.45) is 4.99 Å². The maximum atomic E-state index is 12.2. The molecule has 1 heterocycles. The van der Waals surface area contributed by atoms with Crippen molar-refractivity contribution >= 4 is 23.4 Å². The summed E-state index contributed by atoms with van der Waals surface area (Å²) in [4.78, 5) is 41.3. The number of rotatable bonds is 4. The molecule has 6 heteroatoms. The number of aliphatic imine (C=N–C) groups is 1. The number of hydrogen-bond donors (Lipinski definition) is 0. The molecule has 20 heavy (non-hydrogen) atoms. The van der Waals surface area contributed by atoms with Gasteiger partial charge < -0.3 is 9.64 Å². The Hall–Kier alpha value is -1.72. The van der Waals surface area contributed by atoms with Gasteiger partial charge in [-0.05, 0) is 19.8 Å². The molecular weight excluding hydrogens is 260 g/mol.